The van der Waals surface area contributed by atoms with Crippen LogP contribution in [0.1, 0.15) is 97.6 Å². The van der Waals surface area contributed by atoms with Crippen LogP contribution in [0.4, 0.5) is 0 Å². The van der Waals surface area contributed by atoms with Crippen molar-refractivity contribution in [3.8, 4) is 0 Å². The molecule has 0 fully saturated rings. The number of benzene rings is 1. The summed E-state index contributed by atoms with van der Waals surface area (Å²) in [5.41, 5.74) is 3.70. The van der Waals surface area contributed by atoms with Gasteiger partial charge in [-0.2, -0.15) is 0 Å². The van der Waals surface area contributed by atoms with Crippen LogP contribution in [-0.2, 0) is 21.4 Å². The third-order valence-electron chi connectivity index (χ3n) is 8.41. The van der Waals surface area contributed by atoms with E-state index in [9.17, 15) is 9.59 Å². The smallest absolute Gasteiger partial charge is 0.306 e. The van der Waals surface area contributed by atoms with Crippen LogP contribution in [0, 0.1) is 30.1 Å². The second-order valence-corrected chi connectivity index (χ2v) is 11.5. The molecule has 0 bridgehead atoms. The van der Waals surface area contributed by atoms with Gasteiger partial charge in [0.05, 0.1) is 11.0 Å². The van der Waals surface area contributed by atoms with Crippen LogP contribution in [0.25, 0.3) is 11.0 Å². The van der Waals surface area contributed by atoms with Gasteiger partial charge >= 0.3 is 5.97 Å². The van der Waals surface area contributed by atoms with Gasteiger partial charge in [0.1, 0.15) is 17.7 Å². The van der Waals surface area contributed by atoms with Crippen molar-refractivity contribution < 1.29 is 14.3 Å². The first-order chi connectivity index (χ1) is 16.4. The molecule has 0 aliphatic carbocycles. The molecule has 0 spiro atoms. The zero-order chi connectivity index (χ0) is 25.9. The Kier molecular flexibility index (Phi) is 8.61. The number of allylic oxidation sites excluding steroid dienone is 1. The number of hydrogen-bond donors (Lipinski definition) is 0. The molecule has 0 unspecified atom stereocenters. The van der Waals surface area contributed by atoms with E-state index in [1.54, 1.807) is 0 Å². The van der Waals surface area contributed by atoms with E-state index >= 15 is 0 Å². The first kappa shape index (κ1) is 27.2. The van der Waals surface area contributed by atoms with E-state index in [4.69, 9.17) is 4.74 Å². The van der Waals surface area contributed by atoms with Crippen molar-refractivity contribution in [3.63, 3.8) is 0 Å². The van der Waals surface area contributed by atoms with E-state index in [0.717, 1.165) is 41.7 Å². The van der Waals surface area contributed by atoms with E-state index in [0.29, 0.717) is 24.7 Å². The van der Waals surface area contributed by atoms with Gasteiger partial charge in [0.25, 0.3) is 0 Å². The van der Waals surface area contributed by atoms with E-state index in [-0.39, 0.29) is 30.2 Å². The molecule has 1 aromatic heterocycles. The van der Waals surface area contributed by atoms with Crippen molar-refractivity contribution >= 4 is 22.8 Å². The lowest BCUT2D eigenvalue weighted by Gasteiger charge is -2.32. The molecule has 35 heavy (non-hydrogen) atoms. The topological polar surface area (TPSA) is 61.2 Å². The molecular formula is C30H44N2O3. The van der Waals surface area contributed by atoms with Crippen molar-refractivity contribution in [3.05, 3.63) is 41.2 Å². The molecule has 4 atom stereocenters. The summed E-state index contributed by atoms with van der Waals surface area (Å²) in [5, 5.41) is 0. The molecule has 3 rings (SSSR count). The number of nitrogens with zero attached hydrogens (tertiary/aromatic N) is 2. The average molecular weight is 481 g/mol. The second-order valence-electron chi connectivity index (χ2n) is 11.5. The lowest BCUT2D eigenvalue weighted by molar-refractivity contribution is -0.150. The van der Waals surface area contributed by atoms with Gasteiger partial charge < -0.3 is 9.30 Å². The first-order valence-electron chi connectivity index (χ1n) is 13.2. The number of esters is 1. The number of cyclic esters (lactones) is 1. The molecule has 0 radical (unpaired) electrons. The number of aryl methyl sites for hydroxylation is 2. The van der Waals surface area contributed by atoms with Crippen LogP contribution in [-0.4, -0.2) is 21.3 Å². The molecule has 192 valence electrons. The maximum Gasteiger partial charge on any atom is 0.306 e. The molecule has 1 aromatic carbocycles. The fourth-order valence-corrected chi connectivity index (χ4v) is 5.27. The number of hydrogen-bond acceptors (Lipinski definition) is 4. The fourth-order valence-electron chi connectivity index (χ4n) is 5.27. The molecular weight excluding hydrogens is 436 g/mol. The maximum atomic E-state index is 13.3. The SMILES string of the molecule is C/C1=C/C[C@@H](c2ccc3c(c2)nc(C)n3C)OC(=O)CCC(C)(C)C(=O)[C@H](C)[C@@H](C)[C@@H](C)CCC1. The third kappa shape index (κ3) is 6.42. The predicted octanol–water partition coefficient (Wildman–Crippen LogP) is 7.27. The Hall–Kier alpha value is -2.43. The van der Waals surface area contributed by atoms with E-state index in [1.807, 2.05) is 40.0 Å². The van der Waals surface area contributed by atoms with Gasteiger partial charge in [-0.25, -0.2) is 4.98 Å². The molecule has 2 heterocycles. The van der Waals surface area contributed by atoms with Gasteiger partial charge in [-0.15, -0.1) is 0 Å². The van der Waals surface area contributed by atoms with E-state index < -0.39 is 5.41 Å². The van der Waals surface area contributed by atoms with E-state index in [1.165, 1.54) is 5.57 Å². The number of ether oxygens (including phenoxy) is 1. The lowest BCUT2D eigenvalue weighted by atomic mass is 9.71. The summed E-state index contributed by atoms with van der Waals surface area (Å²) in [4.78, 5) is 31.0. The van der Waals surface area contributed by atoms with Gasteiger partial charge in [-0.3, -0.25) is 9.59 Å². The van der Waals surface area contributed by atoms with Crippen LogP contribution in [0.15, 0.2) is 29.8 Å². The molecule has 0 N–H and O–H groups in total. The van der Waals surface area contributed by atoms with Gasteiger partial charge in [0, 0.05) is 31.2 Å². The Morgan fingerprint density at radius 3 is 2.51 bits per heavy atom. The van der Waals surface area contributed by atoms with Crippen LogP contribution < -0.4 is 0 Å². The fraction of sp³-hybridized carbons (Fsp3) is 0.633. The number of imidazole rings is 1. The minimum Gasteiger partial charge on any atom is -0.457 e. The van der Waals surface area contributed by atoms with Crippen LogP contribution in [0.2, 0.25) is 0 Å². The van der Waals surface area contributed by atoms with Crippen molar-refractivity contribution in [2.24, 2.45) is 30.2 Å². The average Bonchev–Trinajstić information content (AvgIpc) is 3.10. The number of aromatic nitrogens is 2. The predicted molar refractivity (Wildman–Crippen MR) is 142 cm³/mol. The summed E-state index contributed by atoms with van der Waals surface area (Å²) in [5.74, 6) is 1.73. The summed E-state index contributed by atoms with van der Waals surface area (Å²) in [6.07, 6.45) is 6.45. The van der Waals surface area contributed by atoms with E-state index in [2.05, 4.69) is 49.4 Å². The molecule has 5 nitrogen and oxygen atoms in total. The number of Topliss-reactive ketones (excluding diaryl/α,β-unsaturated/α-hetero) is 1. The molecule has 5 heteroatoms. The summed E-state index contributed by atoms with van der Waals surface area (Å²) in [7, 11) is 2.01. The van der Waals surface area contributed by atoms with Crippen LogP contribution >= 0.6 is 0 Å². The number of carbonyl (C=O) groups is 2. The lowest BCUT2D eigenvalue weighted by Crippen LogP contribution is -2.35. The summed E-state index contributed by atoms with van der Waals surface area (Å²) in [6, 6.07) is 6.14. The quantitative estimate of drug-likeness (QED) is 0.318. The summed E-state index contributed by atoms with van der Waals surface area (Å²) < 4.78 is 8.10. The number of carbonyl (C=O) groups excluding carboxylic acids is 2. The summed E-state index contributed by atoms with van der Waals surface area (Å²) >= 11 is 0. The molecule has 1 aliphatic heterocycles. The van der Waals surface area contributed by atoms with Gasteiger partial charge in [-0.05, 0) is 62.6 Å². The van der Waals surface area contributed by atoms with Crippen molar-refractivity contribution in [2.45, 2.75) is 93.1 Å². The Bertz CT molecular complexity index is 1090. The normalized spacial score (nSPS) is 29.0. The minimum absolute atomic E-state index is 0.0260. The monoisotopic (exact) mass is 480 g/mol. The van der Waals surface area contributed by atoms with Crippen molar-refractivity contribution in [1.29, 1.82) is 0 Å². The Labute approximate surface area is 211 Å². The first-order valence-corrected chi connectivity index (χ1v) is 13.2. The zero-order valence-electron chi connectivity index (χ0n) is 23.0. The van der Waals surface area contributed by atoms with Gasteiger partial charge in [0.15, 0.2) is 0 Å². The third-order valence-corrected chi connectivity index (χ3v) is 8.41. The highest BCUT2D eigenvalue weighted by atomic mass is 16.5. The number of fused-ring (bicyclic) bond motifs is 1. The van der Waals surface area contributed by atoms with Crippen LogP contribution in [0.3, 0.4) is 0 Å². The van der Waals surface area contributed by atoms with Crippen LogP contribution in [0.5, 0.6) is 0 Å². The van der Waals surface area contributed by atoms with Gasteiger partial charge in [0.2, 0.25) is 0 Å². The summed E-state index contributed by atoms with van der Waals surface area (Å²) in [6.45, 7) is 14.6. The Morgan fingerprint density at radius 1 is 1.09 bits per heavy atom. The van der Waals surface area contributed by atoms with Crippen molar-refractivity contribution in [2.75, 3.05) is 0 Å². The Balaban J connectivity index is 1.89. The second kappa shape index (κ2) is 11.1. The zero-order valence-corrected chi connectivity index (χ0v) is 23.0. The molecule has 0 saturated heterocycles. The largest absolute Gasteiger partial charge is 0.457 e. The highest BCUT2D eigenvalue weighted by molar-refractivity contribution is 5.86. The maximum absolute atomic E-state index is 13.3. The Morgan fingerprint density at radius 2 is 1.80 bits per heavy atom. The molecule has 1 aliphatic rings. The number of ketones is 1. The standard InChI is InChI=1S/C30H44N2O3/c1-19-10-9-11-20(2)21(3)22(4)29(34)30(6,7)17-16-28(33)35-27(15-12-19)24-13-14-26-25(18-24)31-23(5)32(26)8/h12-14,18,20-22,27H,9-11,15-17H2,1-8H3/b19-12-/t20-,21-,22+,27-/m0/s1. The van der Waals surface area contributed by atoms with Crippen molar-refractivity contribution in [1.82, 2.24) is 9.55 Å². The molecule has 0 saturated carbocycles. The molecule has 0 amide bonds. The minimum atomic E-state index is -0.556. The van der Waals surface area contributed by atoms with Gasteiger partial charge in [-0.1, -0.05) is 58.8 Å². The highest BCUT2D eigenvalue weighted by Crippen LogP contribution is 2.35. The number of rotatable bonds is 1. The highest BCUT2D eigenvalue weighted by Gasteiger charge is 2.36. The molecule has 2 aromatic rings.